The van der Waals surface area contributed by atoms with Gasteiger partial charge >= 0.3 is 5.97 Å². The van der Waals surface area contributed by atoms with E-state index in [-0.39, 0.29) is 28.7 Å². The SMILES string of the molecule is CN=C(NCc1ccc(OC)c(C(=O)OC)c1)NCC(C)(C)SC.I. The molecular weight excluding hydrogens is 453 g/mol. The van der Waals surface area contributed by atoms with Gasteiger partial charge in [-0.1, -0.05) is 6.07 Å². The molecule has 0 bridgehead atoms. The third kappa shape index (κ3) is 7.72. The Morgan fingerprint density at radius 2 is 1.96 bits per heavy atom. The maximum Gasteiger partial charge on any atom is 0.341 e. The van der Waals surface area contributed by atoms with Crippen LogP contribution in [0.2, 0.25) is 0 Å². The van der Waals surface area contributed by atoms with Crippen molar-refractivity contribution in [1.82, 2.24) is 10.6 Å². The fraction of sp³-hybridized carbons (Fsp3) is 0.529. The van der Waals surface area contributed by atoms with E-state index in [0.29, 0.717) is 23.8 Å². The number of thioether (sulfide) groups is 1. The summed E-state index contributed by atoms with van der Waals surface area (Å²) in [4.78, 5) is 16.0. The number of nitrogens with one attached hydrogen (secondary N) is 2. The quantitative estimate of drug-likeness (QED) is 0.270. The lowest BCUT2D eigenvalue weighted by Crippen LogP contribution is -2.43. The number of hydrogen-bond donors (Lipinski definition) is 2. The topological polar surface area (TPSA) is 72.0 Å². The van der Waals surface area contributed by atoms with Gasteiger partial charge < -0.3 is 20.1 Å². The fourth-order valence-corrected chi connectivity index (χ4v) is 2.13. The van der Waals surface area contributed by atoms with Crippen LogP contribution in [0, 0.1) is 0 Å². The van der Waals surface area contributed by atoms with Gasteiger partial charge in [0.05, 0.1) is 14.2 Å². The molecule has 0 amide bonds. The summed E-state index contributed by atoms with van der Waals surface area (Å²) in [7, 11) is 4.61. The standard InChI is InChI=1S/C17H27N3O3S.HI/c1-17(2,24-6)11-20-16(18-3)19-10-12-7-8-14(22-4)13(9-12)15(21)23-5;/h7-9H,10-11H2,1-6H3,(H2,18,19,20);1H. The van der Waals surface area contributed by atoms with Gasteiger partial charge in [-0.25, -0.2) is 4.79 Å². The number of ether oxygens (including phenoxy) is 2. The summed E-state index contributed by atoms with van der Waals surface area (Å²) >= 11 is 1.80. The van der Waals surface area contributed by atoms with Crippen LogP contribution in [0.3, 0.4) is 0 Å². The van der Waals surface area contributed by atoms with Crippen LogP contribution in [0.15, 0.2) is 23.2 Å². The number of halogens is 1. The van der Waals surface area contributed by atoms with E-state index >= 15 is 0 Å². The van der Waals surface area contributed by atoms with Gasteiger partial charge in [0.2, 0.25) is 0 Å². The number of carbonyl (C=O) groups excluding carboxylic acids is 1. The Kier molecular flexibility index (Phi) is 10.9. The molecule has 0 heterocycles. The van der Waals surface area contributed by atoms with Gasteiger partial charge in [-0.15, -0.1) is 24.0 Å². The van der Waals surface area contributed by atoms with Crippen LogP contribution in [0.4, 0.5) is 0 Å². The highest BCUT2D eigenvalue weighted by atomic mass is 127. The molecule has 0 aromatic heterocycles. The summed E-state index contributed by atoms with van der Waals surface area (Å²) in [6, 6.07) is 5.42. The highest BCUT2D eigenvalue weighted by Gasteiger charge is 2.16. The lowest BCUT2D eigenvalue weighted by atomic mass is 10.1. The van der Waals surface area contributed by atoms with Crippen LogP contribution in [0.1, 0.15) is 29.8 Å². The molecule has 0 fully saturated rings. The molecular formula is C17H28IN3O3S. The van der Waals surface area contributed by atoms with E-state index in [9.17, 15) is 4.79 Å². The van der Waals surface area contributed by atoms with Crippen LogP contribution in [0.25, 0.3) is 0 Å². The molecule has 1 aromatic carbocycles. The minimum Gasteiger partial charge on any atom is -0.496 e. The van der Waals surface area contributed by atoms with E-state index in [1.807, 2.05) is 6.07 Å². The molecule has 8 heteroatoms. The third-order valence-electron chi connectivity index (χ3n) is 3.59. The molecule has 0 aliphatic heterocycles. The predicted octanol–water partition coefficient (Wildman–Crippen LogP) is 2.91. The molecule has 0 radical (unpaired) electrons. The Morgan fingerprint density at radius 1 is 1.28 bits per heavy atom. The fourth-order valence-electron chi connectivity index (χ4n) is 1.91. The van der Waals surface area contributed by atoms with E-state index in [1.54, 1.807) is 30.9 Å². The monoisotopic (exact) mass is 481 g/mol. The van der Waals surface area contributed by atoms with Gasteiger partial charge in [0.1, 0.15) is 11.3 Å². The summed E-state index contributed by atoms with van der Waals surface area (Å²) in [6.45, 7) is 5.67. The summed E-state index contributed by atoms with van der Waals surface area (Å²) < 4.78 is 10.1. The van der Waals surface area contributed by atoms with Crippen LogP contribution in [0.5, 0.6) is 5.75 Å². The average Bonchev–Trinajstić information content (AvgIpc) is 2.60. The summed E-state index contributed by atoms with van der Waals surface area (Å²) in [5.74, 6) is 0.792. The minimum atomic E-state index is -0.419. The van der Waals surface area contributed by atoms with Crippen molar-refractivity contribution in [2.45, 2.75) is 25.1 Å². The van der Waals surface area contributed by atoms with E-state index < -0.39 is 5.97 Å². The molecule has 1 aromatic rings. The largest absolute Gasteiger partial charge is 0.496 e. The highest BCUT2D eigenvalue weighted by molar-refractivity contribution is 14.0. The Hall–Kier alpha value is -1.16. The average molecular weight is 481 g/mol. The molecule has 0 spiro atoms. The second kappa shape index (κ2) is 11.5. The van der Waals surface area contributed by atoms with Crippen LogP contribution in [-0.4, -0.2) is 50.7 Å². The molecule has 0 aliphatic rings. The number of benzene rings is 1. The van der Waals surface area contributed by atoms with Crippen molar-refractivity contribution < 1.29 is 14.3 Å². The minimum absolute atomic E-state index is 0. The number of hydrogen-bond acceptors (Lipinski definition) is 5. The lowest BCUT2D eigenvalue weighted by molar-refractivity contribution is 0.0597. The zero-order valence-corrected chi connectivity index (χ0v) is 18.8. The van der Waals surface area contributed by atoms with Crippen molar-refractivity contribution in [3.8, 4) is 5.75 Å². The van der Waals surface area contributed by atoms with Gasteiger partial charge in [-0.2, -0.15) is 11.8 Å². The molecule has 0 saturated heterocycles. The first-order valence-electron chi connectivity index (χ1n) is 7.61. The Labute approximate surface area is 171 Å². The number of nitrogens with zero attached hydrogens (tertiary/aromatic N) is 1. The molecule has 0 unspecified atom stereocenters. The van der Waals surface area contributed by atoms with Gasteiger partial charge in [0, 0.05) is 24.9 Å². The number of esters is 1. The molecule has 142 valence electrons. The Morgan fingerprint density at radius 3 is 2.48 bits per heavy atom. The molecule has 2 N–H and O–H groups in total. The molecule has 0 saturated carbocycles. The number of rotatable bonds is 7. The first-order chi connectivity index (χ1) is 11.4. The van der Waals surface area contributed by atoms with E-state index in [4.69, 9.17) is 9.47 Å². The van der Waals surface area contributed by atoms with Gasteiger partial charge in [-0.3, -0.25) is 4.99 Å². The zero-order valence-electron chi connectivity index (χ0n) is 15.6. The van der Waals surface area contributed by atoms with E-state index in [1.165, 1.54) is 14.2 Å². The molecule has 0 atom stereocenters. The molecule has 0 aliphatic carbocycles. The first-order valence-corrected chi connectivity index (χ1v) is 8.84. The van der Waals surface area contributed by atoms with Crippen molar-refractivity contribution in [3.63, 3.8) is 0 Å². The van der Waals surface area contributed by atoms with Gasteiger partial charge in [0.25, 0.3) is 0 Å². The van der Waals surface area contributed by atoms with Crippen LogP contribution in [-0.2, 0) is 11.3 Å². The third-order valence-corrected chi connectivity index (χ3v) is 4.84. The van der Waals surface area contributed by atoms with Gasteiger partial charge in [0.15, 0.2) is 5.96 Å². The zero-order chi connectivity index (χ0) is 18.2. The molecule has 25 heavy (non-hydrogen) atoms. The summed E-state index contributed by atoms with van der Waals surface area (Å²) in [6.07, 6.45) is 2.09. The van der Waals surface area contributed by atoms with Crippen LogP contribution < -0.4 is 15.4 Å². The van der Waals surface area contributed by atoms with Crippen molar-refractivity contribution in [1.29, 1.82) is 0 Å². The highest BCUT2D eigenvalue weighted by Crippen LogP contribution is 2.21. The summed E-state index contributed by atoms with van der Waals surface area (Å²) in [5.41, 5.74) is 1.34. The van der Waals surface area contributed by atoms with Crippen molar-refractivity contribution in [2.24, 2.45) is 4.99 Å². The second-order valence-corrected chi connectivity index (χ2v) is 7.28. The van der Waals surface area contributed by atoms with E-state index in [2.05, 4.69) is 35.7 Å². The maximum atomic E-state index is 11.8. The number of aliphatic imine (C=N–C) groups is 1. The van der Waals surface area contributed by atoms with Crippen molar-refractivity contribution in [2.75, 3.05) is 34.1 Å². The number of methoxy groups -OCH3 is 2. The Bertz CT molecular complexity index is 595. The smallest absolute Gasteiger partial charge is 0.341 e. The van der Waals surface area contributed by atoms with Gasteiger partial charge in [-0.05, 0) is 37.8 Å². The van der Waals surface area contributed by atoms with Crippen molar-refractivity contribution >= 4 is 47.7 Å². The molecule has 6 nitrogen and oxygen atoms in total. The van der Waals surface area contributed by atoms with Crippen LogP contribution >= 0.6 is 35.7 Å². The normalized spacial score (nSPS) is 11.4. The Balaban J connectivity index is 0.00000576. The number of carbonyl (C=O) groups is 1. The van der Waals surface area contributed by atoms with E-state index in [0.717, 1.165) is 12.1 Å². The summed E-state index contributed by atoms with van der Waals surface area (Å²) in [5, 5.41) is 6.54. The maximum absolute atomic E-state index is 11.8. The lowest BCUT2D eigenvalue weighted by Gasteiger charge is -2.23. The van der Waals surface area contributed by atoms with Crippen molar-refractivity contribution in [3.05, 3.63) is 29.3 Å². The second-order valence-electron chi connectivity index (χ2n) is 5.77. The first kappa shape index (κ1) is 23.8. The molecule has 1 rings (SSSR count). The predicted molar refractivity (Wildman–Crippen MR) is 116 cm³/mol. The number of guanidine groups is 1.